The van der Waals surface area contributed by atoms with Gasteiger partial charge in [-0.25, -0.2) is 10.9 Å². The van der Waals surface area contributed by atoms with Crippen LogP contribution in [0.2, 0.25) is 0 Å². The Balaban J connectivity index is 1.73. The van der Waals surface area contributed by atoms with Crippen LogP contribution in [0.5, 0.6) is 5.75 Å². The minimum absolute atomic E-state index is 0.0763. The van der Waals surface area contributed by atoms with Gasteiger partial charge in [0.1, 0.15) is 11.8 Å². The van der Waals surface area contributed by atoms with E-state index < -0.39 is 0 Å². The number of phenolic OH excluding ortho intramolecular Hbond substituents is 1. The lowest BCUT2D eigenvalue weighted by Crippen LogP contribution is -2.39. The average molecular weight is 339 g/mol. The summed E-state index contributed by atoms with van der Waals surface area (Å²) in [6.07, 6.45) is 0.577. The number of hydrogen-bond donors (Lipinski definition) is 4. The zero-order valence-corrected chi connectivity index (χ0v) is 15.1. The molecule has 3 rings (SSSR count). The summed E-state index contributed by atoms with van der Waals surface area (Å²) >= 11 is 0. The fraction of sp³-hybridized carbons (Fsp3) is 0.350. The molecule has 0 spiro atoms. The number of nitrogens with one attached hydrogen (secondary N) is 3. The molecule has 5 nitrogen and oxygen atoms in total. The molecule has 1 aliphatic rings. The molecule has 4 N–H and O–H groups in total. The fourth-order valence-electron chi connectivity index (χ4n) is 3.30. The minimum atomic E-state index is -0.356. The zero-order chi connectivity index (χ0) is 18.1. The monoisotopic (exact) mass is 339 g/mol. The number of anilines is 1. The maximum absolute atomic E-state index is 12.6. The van der Waals surface area contributed by atoms with E-state index in [0.29, 0.717) is 12.2 Å². The van der Waals surface area contributed by atoms with Crippen LogP contribution in [0.25, 0.3) is 0 Å². The molecule has 0 aromatic heterocycles. The Morgan fingerprint density at radius 1 is 1.12 bits per heavy atom. The molecule has 1 saturated heterocycles. The summed E-state index contributed by atoms with van der Waals surface area (Å²) in [6, 6.07) is 9.33. The summed E-state index contributed by atoms with van der Waals surface area (Å²) in [4.78, 5) is 12.6. The molecule has 2 unspecified atom stereocenters. The van der Waals surface area contributed by atoms with Crippen molar-refractivity contribution in [2.45, 2.75) is 46.2 Å². The van der Waals surface area contributed by atoms with Crippen molar-refractivity contribution in [3.8, 4) is 5.75 Å². The van der Waals surface area contributed by atoms with Crippen molar-refractivity contribution in [1.82, 2.24) is 10.9 Å². The van der Waals surface area contributed by atoms with Crippen molar-refractivity contribution in [1.29, 1.82) is 0 Å². The lowest BCUT2D eigenvalue weighted by Gasteiger charge is -2.15. The van der Waals surface area contributed by atoms with Gasteiger partial charge in [-0.3, -0.25) is 4.79 Å². The second-order valence-electron chi connectivity index (χ2n) is 6.89. The number of aryl methyl sites for hydroxylation is 3. The Morgan fingerprint density at radius 3 is 2.64 bits per heavy atom. The number of carbonyl (C=O) groups is 1. The first-order valence-corrected chi connectivity index (χ1v) is 8.55. The van der Waals surface area contributed by atoms with E-state index in [1.165, 1.54) is 0 Å². The summed E-state index contributed by atoms with van der Waals surface area (Å²) in [6.45, 7) is 7.92. The van der Waals surface area contributed by atoms with Gasteiger partial charge in [0.2, 0.25) is 5.91 Å². The van der Waals surface area contributed by atoms with Crippen molar-refractivity contribution >= 4 is 11.6 Å². The van der Waals surface area contributed by atoms with Gasteiger partial charge in [0.15, 0.2) is 0 Å². The molecular formula is C20H25N3O2. The highest BCUT2D eigenvalue weighted by Crippen LogP contribution is 2.33. The molecule has 5 heteroatoms. The first kappa shape index (κ1) is 17.5. The first-order valence-electron chi connectivity index (χ1n) is 8.55. The number of phenols is 1. The van der Waals surface area contributed by atoms with Crippen LogP contribution in [-0.4, -0.2) is 17.1 Å². The molecular weight excluding hydrogens is 314 g/mol. The van der Waals surface area contributed by atoms with Crippen LogP contribution < -0.4 is 16.2 Å². The van der Waals surface area contributed by atoms with E-state index in [2.05, 4.69) is 16.2 Å². The van der Waals surface area contributed by atoms with Crippen molar-refractivity contribution in [3.05, 3.63) is 58.1 Å². The summed E-state index contributed by atoms with van der Waals surface area (Å²) < 4.78 is 0. The number of benzene rings is 2. The van der Waals surface area contributed by atoms with Crippen LogP contribution in [0, 0.1) is 27.7 Å². The van der Waals surface area contributed by atoms with E-state index in [1.54, 1.807) is 0 Å². The Bertz CT molecular complexity index is 817. The van der Waals surface area contributed by atoms with Crippen molar-refractivity contribution in [2.75, 3.05) is 5.32 Å². The number of hydrazine groups is 1. The maximum Gasteiger partial charge on any atom is 0.242 e. The van der Waals surface area contributed by atoms with Crippen LogP contribution in [0.4, 0.5) is 5.69 Å². The lowest BCUT2D eigenvalue weighted by molar-refractivity contribution is -0.117. The highest BCUT2D eigenvalue weighted by atomic mass is 16.3. The first-order chi connectivity index (χ1) is 11.9. The molecule has 1 amide bonds. The zero-order valence-electron chi connectivity index (χ0n) is 15.1. The van der Waals surface area contributed by atoms with Crippen molar-refractivity contribution in [3.63, 3.8) is 0 Å². The Hall–Kier alpha value is -2.37. The molecule has 1 fully saturated rings. The number of rotatable bonds is 3. The third-order valence-corrected chi connectivity index (χ3v) is 4.93. The number of amides is 1. The van der Waals surface area contributed by atoms with Crippen LogP contribution in [0.3, 0.4) is 0 Å². The SMILES string of the molecule is Cc1cc(C)c(O)c(C2CC(C(=O)Nc3cccc(C)c3C)NN2)c1. The molecule has 0 bridgehead atoms. The average Bonchev–Trinajstić information content (AvgIpc) is 3.05. The van der Waals surface area contributed by atoms with Crippen LogP contribution in [0.1, 0.15) is 40.3 Å². The molecule has 0 aliphatic carbocycles. The normalized spacial score (nSPS) is 19.8. The van der Waals surface area contributed by atoms with E-state index in [4.69, 9.17) is 0 Å². The predicted molar refractivity (Wildman–Crippen MR) is 99.5 cm³/mol. The molecule has 2 aromatic carbocycles. The second kappa shape index (κ2) is 6.86. The highest BCUT2D eigenvalue weighted by molar-refractivity contribution is 5.95. The molecule has 1 aliphatic heterocycles. The fourth-order valence-corrected chi connectivity index (χ4v) is 3.30. The molecule has 2 aromatic rings. The van der Waals surface area contributed by atoms with Gasteiger partial charge in [0.05, 0.1) is 6.04 Å². The van der Waals surface area contributed by atoms with Crippen molar-refractivity contribution in [2.24, 2.45) is 0 Å². The van der Waals surface area contributed by atoms with E-state index in [1.807, 2.05) is 58.0 Å². The van der Waals surface area contributed by atoms with Gasteiger partial charge in [-0.1, -0.05) is 29.8 Å². The van der Waals surface area contributed by atoms with Gasteiger partial charge in [-0.15, -0.1) is 0 Å². The Kier molecular flexibility index (Phi) is 4.79. The molecule has 0 saturated carbocycles. The molecule has 1 heterocycles. The van der Waals surface area contributed by atoms with Crippen LogP contribution >= 0.6 is 0 Å². The maximum atomic E-state index is 12.6. The van der Waals surface area contributed by atoms with E-state index in [-0.39, 0.29) is 18.0 Å². The number of carbonyl (C=O) groups excluding carboxylic acids is 1. The smallest absolute Gasteiger partial charge is 0.242 e. The summed E-state index contributed by atoms with van der Waals surface area (Å²) in [5.74, 6) is 0.216. The minimum Gasteiger partial charge on any atom is -0.507 e. The van der Waals surface area contributed by atoms with Gasteiger partial charge >= 0.3 is 0 Å². The van der Waals surface area contributed by atoms with Gasteiger partial charge in [0, 0.05) is 11.3 Å². The van der Waals surface area contributed by atoms with E-state index >= 15 is 0 Å². The highest BCUT2D eigenvalue weighted by Gasteiger charge is 2.32. The van der Waals surface area contributed by atoms with Gasteiger partial charge in [-0.2, -0.15) is 0 Å². The van der Waals surface area contributed by atoms with E-state index in [0.717, 1.165) is 33.5 Å². The number of hydrogen-bond acceptors (Lipinski definition) is 4. The number of aromatic hydroxyl groups is 1. The van der Waals surface area contributed by atoms with Gasteiger partial charge in [0.25, 0.3) is 0 Å². The van der Waals surface area contributed by atoms with E-state index in [9.17, 15) is 9.90 Å². The summed E-state index contributed by atoms with van der Waals surface area (Å²) in [5.41, 5.74) is 12.0. The van der Waals surface area contributed by atoms with Gasteiger partial charge < -0.3 is 10.4 Å². The van der Waals surface area contributed by atoms with Crippen LogP contribution in [-0.2, 0) is 4.79 Å². The third kappa shape index (κ3) is 3.52. The predicted octanol–water partition coefficient (Wildman–Crippen LogP) is 3.17. The molecule has 0 radical (unpaired) electrons. The van der Waals surface area contributed by atoms with Gasteiger partial charge in [-0.05, 0) is 56.9 Å². The standard InChI is InChI=1S/C20H25N3O2/c1-11-8-13(3)19(24)15(9-11)17-10-18(23-22-17)20(25)21-16-7-5-6-12(2)14(16)4/h5-9,17-18,22-24H,10H2,1-4H3,(H,21,25). The largest absolute Gasteiger partial charge is 0.507 e. The summed E-state index contributed by atoms with van der Waals surface area (Å²) in [7, 11) is 0. The Labute approximate surface area is 148 Å². The Morgan fingerprint density at radius 2 is 1.88 bits per heavy atom. The third-order valence-electron chi connectivity index (χ3n) is 4.93. The second-order valence-corrected chi connectivity index (χ2v) is 6.89. The summed E-state index contributed by atoms with van der Waals surface area (Å²) in [5, 5.41) is 13.3. The molecule has 25 heavy (non-hydrogen) atoms. The lowest BCUT2D eigenvalue weighted by atomic mass is 9.96. The van der Waals surface area contributed by atoms with Crippen LogP contribution in [0.15, 0.2) is 30.3 Å². The topological polar surface area (TPSA) is 73.4 Å². The molecule has 2 atom stereocenters. The quantitative estimate of drug-likeness (QED) is 0.693. The van der Waals surface area contributed by atoms with Crippen molar-refractivity contribution < 1.29 is 9.90 Å². The molecule has 132 valence electrons.